The van der Waals surface area contributed by atoms with Crippen molar-refractivity contribution in [3.8, 4) is 0 Å². The number of rotatable bonds is 6. The SMILES string of the molecule is CC(=O)Nc1cccc(NC(=O)CCc2cc(C(C)=O)c(C)o2)c1. The van der Waals surface area contributed by atoms with E-state index in [-0.39, 0.29) is 24.0 Å². The Labute approximate surface area is 140 Å². The molecule has 0 bridgehead atoms. The monoisotopic (exact) mass is 328 g/mol. The van der Waals surface area contributed by atoms with Gasteiger partial charge in [0.15, 0.2) is 5.78 Å². The molecule has 6 heteroatoms. The first-order valence-electron chi connectivity index (χ1n) is 7.63. The van der Waals surface area contributed by atoms with Crippen molar-refractivity contribution in [1.82, 2.24) is 0 Å². The molecule has 0 aliphatic heterocycles. The van der Waals surface area contributed by atoms with Crippen LogP contribution < -0.4 is 10.6 Å². The average Bonchev–Trinajstić information content (AvgIpc) is 2.86. The van der Waals surface area contributed by atoms with Crippen LogP contribution in [0.4, 0.5) is 11.4 Å². The van der Waals surface area contributed by atoms with E-state index in [1.54, 1.807) is 37.3 Å². The van der Waals surface area contributed by atoms with Gasteiger partial charge in [0.05, 0.1) is 5.56 Å². The van der Waals surface area contributed by atoms with Gasteiger partial charge in [0.25, 0.3) is 0 Å². The first-order chi connectivity index (χ1) is 11.3. The fourth-order valence-electron chi connectivity index (χ4n) is 2.35. The summed E-state index contributed by atoms with van der Waals surface area (Å²) >= 11 is 0. The predicted molar refractivity (Wildman–Crippen MR) is 91.1 cm³/mol. The lowest BCUT2D eigenvalue weighted by molar-refractivity contribution is -0.116. The van der Waals surface area contributed by atoms with Crippen LogP contribution in [-0.2, 0) is 16.0 Å². The van der Waals surface area contributed by atoms with Crippen LogP contribution in [0, 0.1) is 6.92 Å². The largest absolute Gasteiger partial charge is 0.466 e. The van der Waals surface area contributed by atoms with Crippen molar-refractivity contribution in [1.29, 1.82) is 0 Å². The lowest BCUT2D eigenvalue weighted by atomic mass is 10.1. The van der Waals surface area contributed by atoms with Crippen molar-refractivity contribution in [3.63, 3.8) is 0 Å². The lowest BCUT2D eigenvalue weighted by Gasteiger charge is -2.07. The molecule has 0 saturated carbocycles. The summed E-state index contributed by atoms with van der Waals surface area (Å²) < 4.78 is 5.49. The Kier molecular flexibility index (Phi) is 5.52. The van der Waals surface area contributed by atoms with E-state index < -0.39 is 0 Å². The number of carbonyl (C=O) groups is 3. The Morgan fingerprint density at radius 1 is 1.04 bits per heavy atom. The number of hydrogen-bond acceptors (Lipinski definition) is 4. The zero-order valence-corrected chi connectivity index (χ0v) is 13.9. The molecule has 0 saturated heterocycles. The summed E-state index contributed by atoms with van der Waals surface area (Å²) in [6.45, 7) is 4.64. The summed E-state index contributed by atoms with van der Waals surface area (Å²) in [6, 6.07) is 8.60. The Morgan fingerprint density at radius 2 is 1.71 bits per heavy atom. The second-order valence-electron chi connectivity index (χ2n) is 5.55. The van der Waals surface area contributed by atoms with Gasteiger partial charge in [-0.05, 0) is 38.1 Å². The molecule has 2 N–H and O–H groups in total. The molecular weight excluding hydrogens is 308 g/mol. The van der Waals surface area contributed by atoms with Crippen LogP contribution in [0.5, 0.6) is 0 Å². The second kappa shape index (κ2) is 7.59. The van der Waals surface area contributed by atoms with Gasteiger partial charge >= 0.3 is 0 Å². The number of aryl methyl sites for hydroxylation is 2. The predicted octanol–water partition coefficient (Wildman–Crippen LogP) is 3.32. The zero-order chi connectivity index (χ0) is 17.7. The summed E-state index contributed by atoms with van der Waals surface area (Å²) in [5, 5.41) is 5.43. The van der Waals surface area contributed by atoms with Crippen LogP contribution in [-0.4, -0.2) is 17.6 Å². The number of nitrogens with one attached hydrogen (secondary N) is 2. The number of ketones is 1. The Balaban J connectivity index is 1.93. The maximum Gasteiger partial charge on any atom is 0.224 e. The molecule has 2 amide bonds. The fourth-order valence-corrected chi connectivity index (χ4v) is 2.35. The van der Waals surface area contributed by atoms with Crippen LogP contribution in [0.2, 0.25) is 0 Å². The zero-order valence-electron chi connectivity index (χ0n) is 13.9. The van der Waals surface area contributed by atoms with Gasteiger partial charge < -0.3 is 15.1 Å². The van der Waals surface area contributed by atoms with E-state index in [4.69, 9.17) is 4.42 Å². The Hall–Kier alpha value is -2.89. The molecule has 0 aliphatic carbocycles. The van der Waals surface area contributed by atoms with Crippen molar-refractivity contribution in [2.75, 3.05) is 10.6 Å². The minimum atomic E-state index is -0.173. The number of anilines is 2. The molecule has 126 valence electrons. The van der Waals surface area contributed by atoms with E-state index >= 15 is 0 Å². The van der Waals surface area contributed by atoms with Crippen LogP contribution in [0.1, 0.15) is 42.1 Å². The number of hydrogen-bond donors (Lipinski definition) is 2. The van der Waals surface area contributed by atoms with Crippen molar-refractivity contribution < 1.29 is 18.8 Å². The first-order valence-corrected chi connectivity index (χ1v) is 7.63. The van der Waals surface area contributed by atoms with Gasteiger partial charge in [0, 0.05) is 31.1 Å². The molecule has 0 unspecified atom stereocenters. The van der Waals surface area contributed by atoms with E-state index in [1.807, 2.05) is 0 Å². The summed E-state index contributed by atoms with van der Waals surface area (Å²) in [5.41, 5.74) is 1.77. The summed E-state index contributed by atoms with van der Waals surface area (Å²) in [5.74, 6) is 0.781. The first kappa shape index (κ1) is 17.5. The number of Topliss-reactive ketones (excluding diaryl/α,β-unsaturated/α-hetero) is 1. The van der Waals surface area contributed by atoms with E-state index in [1.165, 1.54) is 13.8 Å². The van der Waals surface area contributed by atoms with Crippen LogP contribution in [0.15, 0.2) is 34.7 Å². The third-order valence-electron chi connectivity index (χ3n) is 3.41. The lowest BCUT2D eigenvalue weighted by Crippen LogP contribution is -2.13. The number of amides is 2. The van der Waals surface area contributed by atoms with E-state index in [9.17, 15) is 14.4 Å². The van der Waals surface area contributed by atoms with Gasteiger partial charge in [0.2, 0.25) is 11.8 Å². The molecule has 1 aromatic carbocycles. The van der Waals surface area contributed by atoms with Crippen LogP contribution in [0.3, 0.4) is 0 Å². The van der Waals surface area contributed by atoms with Crippen LogP contribution >= 0.6 is 0 Å². The van der Waals surface area contributed by atoms with Gasteiger partial charge in [-0.15, -0.1) is 0 Å². The summed E-state index contributed by atoms with van der Waals surface area (Å²) in [4.78, 5) is 34.5. The molecule has 1 aromatic heterocycles. The minimum absolute atomic E-state index is 0.0539. The molecule has 2 rings (SSSR count). The maximum atomic E-state index is 12.0. The standard InChI is InChI=1S/C18H20N2O4/c1-11(21)17-10-16(24-12(17)2)7-8-18(23)20-15-6-4-5-14(9-15)19-13(3)22/h4-6,9-10H,7-8H2,1-3H3,(H,19,22)(H,20,23). The van der Waals surface area contributed by atoms with E-state index in [0.717, 1.165) is 0 Å². The van der Waals surface area contributed by atoms with Gasteiger partial charge in [-0.25, -0.2) is 0 Å². The highest BCUT2D eigenvalue weighted by Gasteiger charge is 2.12. The highest BCUT2D eigenvalue weighted by atomic mass is 16.3. The normalized spacial score (nSPS) is 10.3. The van der Waals surface area contributed by atoms with E-state index in [2.05, 4.69) is 10.6 Å². The fraction of sp³-hybridized carbons (Fsp3) is 0.278. The maximum absolute atomic E-state index is 12.0. The summed E-state index contributed by atoms with van der Waals surface area (Å²) in [6.07, 6.45) is 0.639. The average molecular weight is 328 g/mol. The van der Waals surface area contributed by atoms with Crippen LogP contribution in [0.25, 0.3) is 0 Å². The summed E-state index contributed by atoms with van der Waals surface area (Å²) in [7, 11) is 0. The molecule has 2 aromatic rings. The third-order valence-corrected chi connectivity index (χ3v) is 3.41. The topological polar surface area (TPSA) is 88.4 Å². The molecular formula is C18H20N2O4. The molecule has 0 fully saturated rings. The van der Waals surface area contributed by atoms with Crippen molar-refractivity contribution in [2.24, 2.45) is 0 Å². The van der Waals surface area contributed by atoms with Crippen molar-refractivity contribution >= 4 is 29.0 Å². The molecule has 0 atom stereocenters. The number of benzene rings is 1. The highest BCUT2D eigenvalue weighted by Crippen LogP contribution is 2.18. The smallest absolute Gasteiger partial charge is 0.224 e. The number of carbonyl (C=O) groups excluding carboxylic acids is 3. The Morgan fingerprint density at radius 3 is 2.29 bits per heavy atom. The third kappa shape index (κ3) is 4.81. The molecule has 0 spiro atoms. The van der Waals surface area contributed by atoms with Gasteiger partial charge in [-0.3, -0.25) is 14.4 Å². The quantitative estimate of drug-likeness (QED) is 0.796. The minimum Gasteiger partial charge on any atom is -0.466 e. The van der Waals surface area contributed by atoms with Crippen molar-refractivity contribution in [2.45, 2.75) is 33.6 Å². The molecule has 1 heterocycles. The van der Waals surface area contributed by atoms with Crippen molar-refractivity contribution in [3.05, 3.63) is 47.4 Å². The van der Waals surface area contributed by atoms with Gasteiger partial charge in [0.1, 0.15) is 11.5 Å². The number of furan rings is 1. The Bertz CT molecular complexity index is 777. The van der Waals surface area contributed by atoms with Gasteiger partial charge in [-0.1, -0.05) is 6.07 Å². The second-order valence-corrected chi connectivity index (χ2v) is 5.55. The molecule has 0 aliphatic rings. The molecule has 0 radical (unpaired) electrons. The highest BCUT2D eigenvalue weighted by molar-refractivity contribution is 5.95. The van der Waals surface area contributed by atoms with Gasteiger partial charge in [-0.2, -0.15) is 0 Å². The molecule has 6 nitrogen and oxygen atoms in total. The molecule has 24 heavy (non-hydrogen) atoms. The van der Waals surface area contributed by atoms with E-state index in [0.29, 0.717) is 34.9 Å².